The van der Waals surface area contributed by atoms with Crippen LogP contribution in [0, 0.1) is 0 Å². The fraction of sp³-hybridized carbons (Fsp3) is 1.00. The highest BCUT2D eigenvalue weighted by Gasteiger charge is 2.53. The fourth-order valence-corrected chi connectivity index (χ4v) is 6.47. The summed E-state index contributed by atoms with van der Waals surface area (Å²) >= 11 is 12.0. The van der Waals surface area contributed by atoms with Crippen molar-refractivity contribution in [1.82, 2.24) is 0 Å². The molecule has 2 aliphatic rings. The molecule has 0 amide bonds. The van der Waals surface area contributed by atoms with Crippen LogP contribution in [0.4, 0.5) is 0 Å². The number of alkyl halides is 2. The first-order valence-electron chi connectivity index (χ1n) is 4.56. The summed E-state index contributed by atoms with van der Waals surface area (Å²) in [4.78, 5) is 0. The maximum absolute atomic E-state index is 11.8. The molecule has 2 aliphatic heterocycles. The summed E-state index contributed by atoms with van der Waals surface area (Å²) in [6, 6.07) is 0. The predicted molar refractivity (Wildman–Crippen MR) is 54.2 cm³/mol. The molecule has 4 unspecified atom stereocenters. The summed E-state index contributed by atoms with van der Waals surface area (Å²) in [5.74, 6) is 0. The first kappa shape index (κ1) is 10.1. The van der Waals surface area contributed by atoms with Gasteiger partial charge in [-0.2, -0.15) is 0 Å². The van der Waals surface area contributed by atoms with Crippen molar-refractivity contribution >= 4 is 33.0 Å². The lowest BCUT2D eigenvalue weighted by Crippen LogP contribution is -2.24. The average molecular weight is 243 g/mol. The lowest BCUT2D eigenvalue weighted by Gasteiger charge is -2.14. The number of rotatable bonds is 0. The van der Waals surface area contributed by atoms with Crippen LogP contribution in [0.15, 0.2) is 0 Å². The second-order valence-corrected chi connectivity index (χ2v) is 7.24. The van der Waals surface area contributed by atoms with E-state index in [0.29, 0.717) is 12.8 Å². The predicted octanol–water partition coefficient (Wildman–Crippen LogP) is 1.94. The molecule has 2 fully saturated rings. The van der Waals surface area contributed by atoms with Gasteiger partial charge in [0.25, 0.3) is 0 Å². The van der Waals surface area contributed by atoms with Crippen LogP contribution in [0.1, 0.15) is 25.7 Å². The van der Waals surface area contributed by atoms with Crippen molar-refractivity contribution in [1.29, 1.82) is 0 Å². The van der Waals surface area contributed by atoms with E-state index in [9.17, 15) is 8.42 Å². The Morgan fingerprint density at radius 3 is 1.69 bits per heavy atom. The molecule has 2 heterocycles. The molecular formula is C8H12Cl2O2S. The Morgan fingerprint density at radius 1 is 0.923 bits per heavy atom. The highest BCUT2D eigenvalue weighted by molar-refractivity contribution is 7.93. The van der Waals surface area contributed by atoms with Gasteiger partial charge in [-0.15, -0.1) is 23.2 Å². The SMILES string of the molecule is O=S1(=O)C2CCCCC1C(Cl)C2Cl. The first-order chi connectivity index (χ1) is 6.05. The number of fused-ring (bicyclic) bond motifs is 2. The van der Waals surface area contributed by atoms with Gasteiger partial charge in [0.05, 0.1) is 21.3 Å². The van der Waals surface area contributed by atoms with E-state index in [1.54, 1.807) is 0 Å². The van der Waals surface area contributed by atoms with Gasteiger partial charge in [0.15, 0.2) is 9.84 Å². The van der Waals surface area contributed by atoms with Crippen molar-refractivity contribution in [2.24, 2.45) is 0 Å². The molecule has 2 rings (SSSR count). The van der Waals surface area contributed by atoms with Crippen molar-refractivity contribution in [3.8, 4) is 0 Å². The van der Waals surface area contributed by atoms with Gasteiger partial charge in [-0.25, -0.2) is 8.42 Å². The van der Waals surface area contributed by atoms with E-state index in [2.05, 4.69) is 0 Å². The summed E-state index contributed by atoms with van der Waals surface area (Å²) in [5.41, 5.74) is 0. The maximum Gasteiger partial charge on any atom is 0.159 e. The molecule has 2 nitrogen and oxygen atoms in total. The normalized spacial score (nSPS) is 48.8. The van der Waals surface area contributed by atoms with Crippen molar-refractivity contribution in [2.45, 2.75) is 46.9 Å². The molecule has 2 saturated heterocycles. The van der Waals surface area contributed by atoms with E-state index in [0.717, 1.165) is 12.8 Å². The lowest BCUT2D eigenvalue weighted by molar-refractivity contribution is 0.565. The van der Waals surface area contributed by atoms with E-state index in [1.165, 1.54) is 0 Å². The Labute approximate surface area is 88.5 Å². The molecule has 0 saturated carbocycles. The molecule has 0 aromatic heterocycles. The van der Waals surface area contributed by atoms with Crippen LogP contribution >= 0.6 is 23.2 Å². The number of hydrogen-bond acceptors (Lipinski definition) is 2. The summed E-state index contributed by atoms with van der Waals surface area (Å²) in [6.07, 6.45) is 3.31. The van der Waals surface area contributed by atoms with Crippen molar-refractivity contribution < 1.29 is 8.42 Å². The smallest absolute Gasteiger partial charge is 0.159 e. The third-order valence-corrected chi connectivity index (χ3v) is 7.41. The zero-order chi connectivity index (χ0) is 9.64. The Balaban J connectivity index is 2.42. The van der Waals surface area contributed by atoms with E-state index < -0.39 is 9.84 Å². The van der Waals surface area contributed by atoms with Crippen LogP contribution in [-0.4, -0.2) is 29.7 Å². The molecular weight excluding hydrogens is 231 g/mol. The van der Waals surface area contributed by atoms with Crippen molar-refractivity contribution in [3.63, 3.8) is 0 Å². The first-order valence-corrected chi connectivity index (χ1v) is 7.04. The summed E-state index contributed by atoms with van der Waals surface area (Å²) in [5, 5.41) is -1.53. The highest BCUT2D eigenvalue weighted by atomic mass is 35.5. The second-order valence-electron chi connectivity index (χ2n) is 3.84. The zero-order valence-corrected chi connectivity index (χ0v) is 9.45. The molecule has 13 heavy (non-hydrogen) atoms. The number of hydrogen-bond donors (Lipinski definition) is 0. The van der Waals surface area contributed by atoms with Gasteiger partial charge in [0.2, 0.25) is 0 Å². The van der Waals surface area contributed by atoms with Gasteiger partial charge in [0, 0.05) is 0 Å². The van der Waals surface area contributed by atoms with Crippen LogP contribution in [0.2, 0.25) is 0 Å². The van der Waals surface area contributed by atoms with Gasteiger partial charge in [-0.3, -0.25) is 0 Å². The monoisotopic (exact) mass is 242 g/mol. The Hall–Kier alpha value is 0.530. The largest absolute Gasteiger partial charge is 0.228 e. The molecule has 5 heteroatoms. The summed E-state index contributed by atoms with van der Waals surface area (Å²) in [7, 11) is -3.03. The number of sulfone groups is 1. The van der Waals surface area contributed by atoms with Crippen molar-refractivity contribution in [2.75, 3.05) is 0 Å². The minimum absolute atomic E-state index is 0.378. The average Bonchev–Trinajstić information content (AvgIpc) is 2.23. The van der Waals surface area contributed by atoms with Gasteiger partial charge in [-0.1, -0.05) is 12.8 Å². The van der Waals surface area contributed by atoms with Gasteiger partial charge in [-0.05, 0) is 12.8 Å². The highest BCUT2D eigenvalue weighted by Crippen LogP contribution is 2.42. The molecule has 0 aromatic rings. The number of halogens is 2. The molecule has 0 spiro atoms. The lowest BCUT2D eigenvalue weighted by atomic mass is 10.0. The van der Waals surface area contributed by atoms with Crippen LogP contribution in [0.25, 0.3) is 0 Å². The van der Waals surface area contributed by atoms with E-state index >= 15 is 0 Å². The topological polar surface area (TPSA) is 34.1 Å². The molecule has 0 N–H and O–H groups in total. The second kappa shape index (κ2) is 3.28. The zero-order valence-electron chi connectivity index (χ0n) is 7.12. The third kappa shape index (κ3) is 1.40. The van der Waals surface area contributed by atoms with Gasteiger partial charge < -0.3 is 0 Å². The minimum Gasteiger partial charge on any atom is -0.228 e. The molecule has 4 atom stereocenters. The van der Waals surface area contributed by atoms with Crippen molar-refractivity contribution in [3.05, 3.63) is 0 Å². The van der Waals surface area contributed by atoms with Crippen LogP contribution < -0.4 is 0 Å². The fourth-order valence-electron chi connectivity index (χ4n) is 2.34. The Kier molecular flexibility index (Phi) is 2.54. The van der Waals surface area contributed by atoms with Crippen LogP contribution in [0.3, 0.4) is 0 Å². The Morgan fingerprint density at radius 2 is 1.31 bits per heavy atom. The summed E-state index contributed by atoms with van der Waals surface area (Å²) < 4.78 is 23.7. The molecule has 0 aromatic carbocycles. The standard InChI is InChI=1S/C8H12Cl2O2S/c9-7-5-3-1-2-4-6(8(7)10)13(5,11)12/h5-8H,1-4H2. The van der Waals surface area contributed by atoms with E-state index in [-0.39, 0.29) is 21.3 Å². The van der Waals surface area contributed by atoms with E-state index in [4.69, 9.17) is 23.2 Å². The summed E-state index contributed by atoms with van der Waals surface area (Å²) in [6.45, 7) is 0. The molecule has 76 valence electrons. The van der Waals surface area contributed by atoms with E-state index in [1.807, 2.05) is 0 Å². The minimum atomic E-state index is -3.03. The quantitative estimate of drug-likeness (QED) is 0.609. The Bertz CT molecular complexity index is 277. The van der Waals surface area contributed by atoms with Crippen LogP contribution in [0.5, 0.6) is 0 Å². The van der Waals surface area contributed by atoms with Gasteiger partial charge >= 0.3 is 0 Å². The van der Waals surface area contributed by atoms with Gasteiger partial charge in [0.1, 0.15) is 0 Å². The third-order valence-electron chi connectivity index (χ3n) is 3.09. The molecule has 0 aliphatic carbocycles. The maximum atomic E-state index is 11.8. The molecule has 2 bridgehead atoms. The molecule has 0 radical (unpaired) electrons. The van der Waals surface area contributed by atoms with Crippen LogP contribution in [-0.2, 0) is 9.84 Å².